The molecule has 240 valence electrons. The highest BCUT2D eigenvalue weighted by Crippen LogP contribution is 2.55. The first-order valence-corrected chi connectivity index (χ1v) is 16.8. The number of fused-ring (bicyclic) bond motifs is 1. The van der Waals surface area contributed by atoms with Gasteiger partial charge in [0, 0.05) is 34.9 Å². The van der Waals surface area contributed by atoms with Crippen molar-refractivity contribution in [1.82, 2.24) is 15.1 Å². The molecule has 2 saturated heterocycles. The molecule has 8 nitrogen and oxygen atoms in total. The van der Waals surface area contributed by atoms with Crippen molar-refractivity contribution in [1.29, 1.82) is 0 Å². The highest BCUT2D eigenvalue weighted by Gasteiger charge is 2.72. The first kappa shape index (κ1) is 32.0. The van der Waals surface area contributed by atoms with E-state index in [4.69, 9.17) is 27.9 Å². The molecule has 3 aliphatic heterocycles. The number of hydrogen-bond donors (Lipinski definition) is 2. The topological polar surface area (TPSA) is 91.0 Å². The Hall–Kier alpha value is -2.91. The van der Waals surface area contributed by atoms with E-state index in [1.165, 1.54) is 5.56 Å². The molecule has 2 N–H and O–H groups in total. The van der Waals surface area contributed by atoms with E-state index in [0.29, 0.717) is 40.5 Å². The van der Waals surface area contributed by atoms with Gasteiger partial charge in [-0.15, -0.1) is 0 Å². The highest BCUT2D eigenvalue weighted by atomic mass is 35.5. The summed E-state index contributed by atoms with van der Waals surface area (Å²) in [7, 11) is 2.05. The van der Waals surface area contributed by atoms with Crippen LogP contribution in [0.4, 0.5) is 5.69 Å². The second kappa shape index (κ2) is 13.1. The molecule has 3 amide bonds. The standard InChI is InChI=1S/C35H42Cl2N4O4/c1-21-9-7-12-27(22(21)2)39-33(43)31-35-14-13-28(45-35)29(32(42)38-26-18-24(36)17-25(37)19-26)30(35)34(44)41(31)16-8-15-40(3)20-23-10-5-4-6-11-23/h4-6,10-11,13-14,17-19,21-22,27-31H,7-9,12,15-16,20H2,1-3H3,(H,38,42)(H,39,43)/t21-,22+,27+,28+,29-,30+,31+,35+/m1/s1. The van der Waals surface area contributed by atoms with Crippen LogP contribution in [0.25, 0.3) is 0 Å². The first-order valence-electron chi connectivity index (χ1n) is 16.0. The van der Waals surface area contributed by atoms with Gasteiger partial charge in [0.1, 0.15) is 11.6 Å². The van der Waals surface area contributed by atoms with E-state index in [-0.39, 0.29) is 23.8 Å². The lowest BCUT2D eigenvalue weighted by molar-refractivity contribution is -0.141. The van der Waals surface area contributed by atoms with Crippen LogP contribution in [-0.2, 0) is 25.7 Å². The number of carbonyl (C=O) groups excluding carboxylic acids is 3. The summed E-state index contributed by atoms with van der Waals surface area (Å²) in [5.41, 5.74) is 0.445. The molecule has 0 radical (unpaired) electrons. The number of anilines is 1. The van der Waals surface area contributed by atoms with Gasteiger partial charge in [0.15, 0.2) is 0 Å². The van der Waals surface area contributed by atoms with Crippen LogP contribution in [0.3, 0.4) is 0 Å². The maximum Gasteiger partial charge on any atom is 0.246 e. The largest absolute Gasteiger partial charge is 0.359 e. The van der Waals surface area contributed by atoms with E-state index < -0.39 is 29.6 Å². The lowest BCUT2D eigenvalue weighted by Gasteiger charge is -2.38. The monoisotopic (exact) mass is 652 g/mol. The summed E-state index contributed by atoms with van der Waals surface area (Å²) in [6.07, 6.45) is 6.86. The molecule has 2 aromatic rings. The van der Waals surface area contributed by atoms with Crippen molar-refractivity contribution >= 4 is 46.6 Å². The lowest BCUT2D eigenvalue weighted by atomic mass is 9.73. The average molecular weight is 654 g/mol. The first-order chi connectivity index (χ1) is 21.6. The summed E-state index contributed by atoms with van der Waals surface area (Å²) in [6.45, 7) is 6.32. The normalized spacial score (nSPS) is 31.8. The van der Waals surface area contributed by atoms with Gasteiger partial charge in [-0.3, -0.25) is 14.4 Å². The third kappa shape index (κ3) is 6.27. The third-order valence-corrected chi connectivity index (χ3v) is 10.8. The van der Waals surface area contributed by atoms with E-state index >= 15 is 0 Å². The molecule has 45 heavy (non-hydrogen) atoms. The van der Waals surface area contributed by atoms with Crippen LogP contribution in [0.1, 0.15) is 45.1 Å². The van der Waals surface area contributed by atoms with Crippen LogP contribution in [0.15, 0.2) is 60.7 Å². The van der Waals surface area contributed by atoms with Gasteiger partial charge in [0.05, 0.1) is 17.9 Å². The molecular weight excluding hydrogens is 611 g/mol. The maximum absolute atomic E-state index is 14.3. The third-order valence-electron chi connectivity index (χ3n) is 10.3. The summed E-state index contributed by atoms with van der Waals surface area (Å²) in [5.74, 6) is -1.57. The smallest absolute Gasteiger partial charge is 0.246 e. The minimum atomic E-state index is -1.21. The molecular formula is C35H42Cl2N4O4. The van der Waals surface area contributed by atoms with Crippen molar-refractivity contribution in [2.45, 2.75) is 69.9 Å². The summed E-state index contributed by atoms with van der Waals surface area (Å²) in [5, 5.41) is 7.00. The van der Waals surface area contributed by atoms with Crippen molar-refractivity contribution in [2.75, 3.05) is 25.5 Å². The molecule has 0 unspecified atom stereocenters. The number of ether oxygens (including phenoxy) is 1. The number of benzene rings is 2. The predicted octanol–water partition coefficient (Wildman–Crippen LogP) is 5.55. The van der Waals surface area contributed by atoms with Crippen molar-refractivity contribution in [2.24, 2.45) is 23.7 Å². The Morgan fingerprint density at radius 2 is 1.80 bits per heavy atom. The molecule has 3 heterocycles. The van der Waals surface area contributed by atoms with E-state index in [2.05, 4.69) is 48.6 Å². The Bertz CT molecular complexity index is 1450. The van der Waals surface area contributed by atoms with Crippen molar-refractivity contribution in [3.63, 3.8) is 0 Å². The van der Waals surface area contributed by atoms with E-state index in [1.54, 1.807) is 23.1 Å². The number of likely N-dealkylation sites (tertiary alicyclic amines) is 1. The second-order valence-corrected chi connectivity index (χ2v) is 14.2. The van der Waals surface area contributed by atoms with E-state index in [0.717, 1.165) is 32.4 Å². The van der Waals surface area contributed by atoms with Crippen LogP contribution >= 0.6 is 23.2 Å². The number of nitrogens with zero attached hydrogens (tertiary/aromatic N) is 2. The Morgan fingerprint density at radius 3 is 2.53 bits per heavy atom. The minimum absolute atomic E-state index is 0.0277. The summed E-state index contributed by atoms with van der Waals surface area (Å²) in [6, 6.07) is 14.2. The fourth-order valence-corrected chi connectivity index (χ4v) is 8.42. The molecule has 3 fully saturated rings. The van der Waals surface area contributed by atoms with E-state index in [9.17, 15) is 14.4 Å². The maximum atomic E-state index is 14.3. The van der Waals surface area contributed by atoms with Crippen molar-refractivity contribution in [3.05, 3.63) is 76.3 Å². The molecule has 6 rings (SSSR count). The molecule has 1 saturated carbocycles. The predicted molar refractivity (Wildman–Crippen MR) is 176 cm³/mol. The molecule has 2 bridgehead atoms. The lowest BCUT2D eigenvalue weighted by Crippen LogP contribution is -2.58. The average Bonchev–Trinajstić information content (AvgIpc) is 3.63. The van der Waals surface area contributed by atoms with E-state index in [1.807, 2.05) is 30.4 Å². The zero-order valence-corrected chi connectivity index (χ0v) is 27.6. The molecule has 4 aliphatic rings. The highest BCUT2D eigenvalue weighted by molar-refractivity contribution is 6.35. The second-order valence-electron chi connectivity index (χ2n) is 13.3. The summed E-state index contributed by atoms with van der Waals surface area (Å²) < 4.78 is 6.52. The number of rotatable bonds is 10. The van der Waals surface area contributed by atoms with Gasteiger partial charge in [0.25, 0.3) is 0 Å². The summed E-state index contributed by atoms with van der Waals surface area (Å²) in [4.78, 5) is 46.3. The van der Waals surface area contributed by atoms with Crippen LogP contribution in [-0.4, -0.2) is 71.4 Å². The minimum Gasteiger partial charge on any atom is -0.359 e. The van der Waals surface area contributed by atoms with Crippen LogP contribution in [0, 0.1) is 23.7 Å². The quantitative estimate of drug-likeness (QED) is 0.329. The number of amides is 3. The molecule has 0 aromatic heterocycles. The van der Waals surface area contributed by atoms with Crippen LogP contribution in [0.2, 0.25) is 10.0 Å². The SMILES string of the molecule is C[C@H]1[C@H](C)CCC[C@@H]1NC(=O)[C@@H]1N(CCCN(C)Cc2ccccc2)C(=O)[C@@H]2[C@H](C(=O)Nc3cc(Cl)cc(Cl)c3)[C@@H]3C=C[C@]21O3. The molecule has 10 heteroatoms. The number of halogens is 2. The molecule has 1 aliphatic carbocycles. The van der Waals surface area contributed by atoms with Gasteiger partial charge in [-0.25, -0.2) is 0 Å². The molecule has 8 atom stereocenters. The number of carbonyl (C=O) groups is 3. The van der Waals surface area contributed by atoms with Gasteiger partial charge >= 0.3 is 0 Å². The zero-order valence-electron chi connectivity index (χ0n) is 26.0. The van der Waals surface area contributed by atoms with Gasteiger partial charge in [0.2, 0.25) is 17.7 Å². The fraction of sp³-hybridized carbons (Fsp3) is 0.514. The number of hydrogen-bond acceptors (Lipinski definition) is 5. The zero-order chi connectivity index (χ0) is 31.9. The molecule has 2 aromatic carbocycles. The van der Waals surface area contributed by atoms with Crippen molar-refractivity contribution < 1.29 is 19.1 Å². The number of nitrogens with one attached hydrogen (secondary N) is 2. The van der Waals surface area contributed by atoms with Gasteiger partial charge < -0.3 is 25.2 Å². The van der Waals surface area contributed by atoms with Crippen LogP contribution in [0.5, 0.6) is 0 Å². The van der Waals surface area contributed by atoms with Gasteiger partial charge in [-0.1, -0.05) is 92.4 Å². The summed E-state index contributed by atoms with van der Waals surface area (Å²) >= 11 is 12.4. The molecule has 1 spiro atoms. The fourth-order valence-electron chi connectivity index (χ4n) is 7.89. The Kier molecular flexibility index (Phi) is 9.31. The van der Waals surface area contributed by atoms with Gasteiger partial charge in [-0.2, -0.15) is 0 Å². The Labute approximate surface area is 275 Å². The van der Waals surface area contributed by atoms with Gasteiger partial charge in [-0.05, 0) is 62.0 Å². The Balaban J connectivity index is 1.23. The Morgan fingerprint density at radius 1 is 1.07 bits per heavy atom. The van der Waals surface area contributed by atoms with Crippen molar-refractivity contribution in [3.8, 4) is 0 Å². The van der Waals surface area contributed by atoms with Crippen LogP contribution < -0.4 is 10.6 Å².